The van der Waals surface area contributed by atoms with E-state index in [4.69, 9.17) is 5.11 Å². The number of carboxylic acids is 1. The maximum absolute atomic E-state index is 10.9. The van der Waals surface area contributed by atoms with Crippen molar-refractivity contribution in [1.82, 2.24) is 0 Å². The monoisotopic (exact) mass is 249 g/mol. The molecule has 1 aromatic heterocycles. The number of aromatic carboxylic acids is 1. The molecule has 0 amide bonds. The predicted molar refractivity (Wildman–Crippen MR) is 63.4 cm³/mol. The van der Waals surface area contributed by atoms with E-state index in [2.05, 4.69) is 0 Å². The molecule has 0 aliphatic carbocycles. The summed E-state index contributed by atoms with van der Waals surface area (Å²) in [5.41, 5.74) is 0.830. The van der Waals surface area contributed by atoms with Crippen LogP contribution in [0.2, 0.25) is 0 Å². The Balaban J connectivity index is 2.57. The van der Waals surface area contributed by atoms with E-state index < -0.39 is 16.6 Å². The van der Waals surface area contributed by atoms with Gasteiger partial charge in [-0.05, 0) is 40.1 Å². The fourth-order valence-corrected chi connectivity index (χ4v) is 2.14. The number of thiophene rings is 1. The van der Waals surface area contributed by atoms with Crippen molar-refractivity contribution in [3.63, 3.8) is 0 Å². The van der Waals surface area contributed by atoms with Crippen LogP contribution in [0.1, 0.15) is 10.4 Å². The van der Waals surface area contributed by atoms with E-state index in [1.807, 2.05) is 16.8 Å². The lowest BCUT2D eigenvalue weighted by atomic mass is 10.0. The predicted octanol–water partition coefficient (Wildman–Crippen LogP) is 3.02. The van der Waals surface area contributed by atoms with E-state index in [-0.39, 0.29) is 5.56 Å². The van der Waals surface area contributed by atoms with E-state index in [0.717, 1.165) is 5.56 Å². The summed E-state index contributed by atoms with van der Waals surface area (Å²) >= 11 is 1.48. The average molecular weight is 249 g/mol. The van der Waals surface area contributed by atoms with Gasteiger partial charge in [-0.1, -0.05) is 0 Å². The van der Waals surface area contributed by atoms with Crippen molar-refractivity contribution in [2.24, 2.45) is 0 Å². The zero-order valence-corrected chi connectivity index (χ0v) is 9.31. The molecule has 6 heteroatoms. The second-order valence-corrected chi connectivity index (χ2v) is 4.09. The Hall–Kier alpha value is -2.21. The summed E-state index contributed by atoms with van der Waals surface area (Å²) in [6, 6.07) is 5.92. The molecule has 0 radical (unpaired) electrons. The molecule has 1 aromatic carbocycles. The van der Waals surface area contributed by atoms with Crippen molar-refractivity contribution in [2.75, 3.05) is 0 Å². The third-order valence-electron chi connectivity index (χ3n) is 2.28. The van der Waals surface area contributed by atoms with E-state index >= 15 is 0 Å². The minimum atomic E-state index is -1.30. The van der Waals surface area contributed by atoms with Gasteiger partial charge < -0.3 is 5.11 Å². The van der Waals surface area contributed by atoms with Crippen LogP contribution in [0.15, 0.2) is 35.0 Å². The van der Waals surface area contributed by atoms with Crippen molar-refractivity contribution in [2.45, 2.75) is 0 Å². The maximum Gasteiger partial charge on any atom is 0.342 e. The maximum atomic E-state index is 10.9. The molecular weight excluding hydrogens is 242 g/mol. The van der Waals surface area contributed by atoms with Gasteiger partial charge in [-0.3, -0.25) is 10.1 Å². The van der Waals surface area contributed by atoms with Crippen LogP contribution in [-0.4, -0.2) is 16.0 Å². The van der Waals surface area contributed by atoms with Crippen molar-refractivity contribution in [3.05, 3.63) is 50.7 Å². The van der Waals surface area contributed by atoms with Crippen molar-refractivity contribution in [3.8, 4) is 11.1 Å². The quantitative estimate of drug-likeness (QED) is 0.669. The van der Waals surface area contributed by atoms with Gasteiger partial charge in [0.25, 0.3) is 5.69 Å². The second-order valence-electron chi connectivity index (χ2n) is 3.31. The molecular formula is C11H7NO4S. The minimum absolute atomic E-state index is 0.293. The average Bonchev–Trinajstić information content (AvgIpc) is 2.81. The second kappa shape index (κ2) is 4.34. The first-order chi connectivity index (χ1) is 8.09. The lowest BCUT2D eigenvalue weighted by Crippen LogP contribution is -2.02. The standard InChI is InChI=1S/C11H7NO4S/c13-11(14)9-5-7(8-3-4-17-6-8)1-2-10(9)12(15)16/h1-6H,(H,13,14). The first kappa shape index (κ1) is 11.3. The van der Waals surface area contributed by atoms with Crippen LogP contribution in [0.25, 0.3) is 11.1 Å². The zero-order chi connectivity index (χ0) is 12.4. The van der Waals surface area contributed by atoms with Gasteiger partial charge in [0.2, 0.25) is 0 Å². The fourth-order valence-electron chi connectivity index (χ4n) is 1.47. The van der Waals surface area contributed by atoms with Gasteiger partial charge in [-0.25, -0.2) is 4.79 Å². The summed E-state index contributed by atoms with van der Waals surface area (Å²) in [4.78, 5) is 20.9. The summed E-state index contributed by atoms with van der Waals surface area (Å²) < 4.78 is 0. The van der Waals surface area contributed by atoms with E-state index in [1.165, 1.54) is 23.5 Å². The lowest BCUT2D eigenvalue weighted by molar-refractivity contribution is -0.385. The SMILES string of the molecule is O=C(O)c1cc(-c2ccsc2)ccc1[N+](=O)[O-]. The van der Waals surface area contributed by atoms with Crippen LogP contribution in [0.3, 0.4) is 0 Å². The zero-order valence-electron chi connectivity index (χ0n) is 8.49. The molecule has 2 aromatic rings. The molecule has 0 spiro atoms. The van der Waals surface area contributed by atoms with Crippen LogP contribution in [0.4, 0.5) is 5.69 Å². The van der Waals surface area contributed by atoms with Gasteiger partial charge in [-0.2, -0.15) is 11.3 Å². The molecule has 0 atom stereocenters. The number of nitro groups is 1. The molecule has 0 fully saturated rings. The topological polar surface area (TPSA) is 80.4 Å². The van der Waals surface area contributed by atoms with Crippen LogP contribution in [0.5, 0.6) is 0 Å². The number of carboxylic acid groups (broad SMARTS) is 1. The lowest BCUT2D eigenvalue weighted by Gasteiger charge is -2.01. The third kappa shape index (κ3) is 2.16. The molecule has 1 N–H and O–H groups in total. The van der Waals surface area contributed by atoms with Crippen LogP contribution in [-0.2, 0) is 0 Å². The molecule has 2 rings (SSSR count). The Labute approximate surface area is 100 Å². The Morgan fingerprint density at radius 1 is 1.29 bits per heavy atom. The summed E-state index contributed by atoms with van der Waals surface area (Å²) in [5, 5.41) is 23.3. The normalized spacial score (nSPS) is 10.1. The smallest absolute Gasteiger partial charge is 0.342 e. The number of carbonyl (C=O) groups is 1. The van der Waals surface area contributed by atoms with Crippen LogP contribution >= 0.6 is 11.3 Å². The molecule has 1 heterocycles. The Bertz CT molecular complexity index is 577. The highest BCUT2D eigenvalue weighted by molar-refractivity contribution is 7.08. The molecule has 17 heavy (non-hydrogen) atoms. The number of nitro benzene ring substituents is 1. The first-order valence-corrected chi connectivity index (χ1v) is 5.58. The highest BCUT2D eigenvalue weighted by atomic mass is 32.1. The molecule has 0 saturated carbocycles. The van der Waals surface area contributed by atoms with E-state index in [1.54, 1.807) is 6.07 Å². The Morgan fingerprint density at radius 3 is 2.59 bits per heavy atom. The Morgan fingerprint density at radius 2 is 2.06 bits per heavy atom. The summed E-state index contributed by atoms with van der Waals surface area (Å²) in [6.45, 7) is 0. The van der Waals surface area contributed by atoms with Gasteiger partial charge in [-0.15, -0.1) is 0 Å². The highest BCUT2D eigenvalue weighted by Gasteiger charge is 2.20. The number of rotatable bonds is 3. The van der Waals surface area contributed by atoms with Crippen LogP contribution in [0, 0.1) is 10.1 Å². The molecule has 86 valence electrons. The van der Waals surface area contributed by atoms with Gasteiger partial charge in [0.15, 0.2) is 0 Å². The minimum Gasteiger partial charge on any atom is -0.477 e. The molecule has 0 aliphatic heterocycles. The third-order valence-corrected chi connectivity index (χ3v) is 2.96. The van der Waals surface area contributed by atoms with Crippen molar-refractivity contribution >= 4 is 23.0 Å². The fraction of sp³-hybridized carbons (Fsp3) is 0. The first-order valence-electron chi connectivity index (χ1n) is 4.64. The number of benzene rings is 1. The largest absolute Gasteiger partial charge is 0.477 e. The summed E-state index contributed by atoms with van der Waals surface area (Å²) in [5.74, 6) is -1.30. The summed E-state index contributed by atoms with van der Waals surface area (Å²) in [6.07, 6.45) is 0. The molecule has 0 saturated heterocycles. The van der Waals surface area contributed by atoms with Crippen LogP contribution < -0.4 is 0 Å². The molecule has 0 unspecified atom stereocenters. The van der Waals surface area contributed by atoms with Gasteiger partial charge >= 0.3 is 5.97 Å². The number of hydrogen-bond donors (Lipinski definition) is 1. The van der Waals surface area contributed by atoms with Gasteiger partial charge in [0, 0.05) is 6.07 Å². The molecule has 0 bridgehead atoms. The van der Waals surface area contributed by atoms with E-state index in [9.17, 15) is 14.9 Å². The highest BCUT2D eigenvalue weighted by Crippen LogP contribution is 2.27. The Kier molecular flexibility index (Phi) is 2.88. The van der Waals surface area contributed by atoms with E-state index in [0.29, 0.717) is 5.56 Å². The van der Waals surface area contributed by atoms with Gasteiger partial charge in [0.1, 0.15) is 5.56 Å². The number of hydrogen-bond acceptors (Lipinski definition) is 4. The van der Waals surface area contributed by atoms with Gasteiger partial charge in [0.05, 0.1) is 4.92 Å². The molecule has 0 aliphatic rings. The van der Waals surface area contributed by atoms with Crippen molar-refractivity contribution < 1.29 is 14.8 Å². The molecule has 5 nitrogen and oxygen atoms in total. The summed E-state index contributed by atoms with van der Waals surface area (Å²) in [7, 11) is 0. The number of nitrogens with zero attached hydrogens (tertiary/aromatic N) is 1. The van der Waals surface area contributed by atoms with Crippen molar-refractivity contribution in [1.29, 1.82) is 0 Å².